The smallest absolute Gasteiger partial charge is 0.0342 e. The van der Waals surface area contributed by atoms with E-state index >= 15 is 0 Å². The van der Waals surface area contributed by atoms with Crippen molar-refractivity contribution in [2.24, 2.45) is 11.8 Å². The molecule has 0 spiro atoms. The molecule has 1 aliphatic rings. The Bertz CT molecular complexity index is 356. The Hall–Kier alpha value is -0.980. The van der Waals surface area contributed by atoms with E-state index in [4.69, 9.17) is 0 Å². The van der Waals surface area contributed by atoms with Crippen LogP contribution in [0.1, 0.15) is 58.4 Å². The molecule has 0 radical (unpaired) electrons. The molecule has 2 unspecified atom stereocenters. The van der Waals surface area contributed by atoms with Gasteiger partial charge in [0.05, 0.1) is 0 Å². The van der Waals surface area contributed by atoms with Crippen LogP contribution in [0.3, 0.4) is 0 Å². The van der Waals surface area contributed by atoms with E-state index in [0.717, 1.165) is 11.8 Å². The first-order valence-corrected chi connectivity index (χ1v) is 7.41. The maximum atomic E-state index is 3.71. The standard InChI is InChI=1S/C17H27N/c1-12(2)15-5-7-16(8-6-15)18-17-10-13(3)9-14(4)11-17/h5-8,12-14,17-18H,9-11H2,1-4H3. The fourth-order valence-electron chi connectivity index (χ4n) is 3.26. The topological polar surface area (TPSA) is 12.0 Å². The van der Waals surface area contributed by atoms with Crippen LogP contribution in [0.15, 0.2) is 24.3 Å². The number of benzene rings is 1. The molecule has 0 saturated heterocycles. The molecule has 0 heterocycles. The average molecular weight is 245 g/mol. The molecule has 1 aliphatic carbocycles. The zero-order valence-corrected chi connectivity index (χ0v) is 12.2. The molecular weight excluding hydrogens is 218 g/mol. The molecule has 100 valence electrons. The summed E-state index contributed by atoms with van der Waals surface area (Å²) in [5.74, 6) is 2.34. The molecule has 0 amide bonds. The summed E-state index contributed by atoms with van der Waals surface area (Å²) in [6.45, 7) is 9.25. The van der Waals surface area contributed by atoms with Crippen LogP contribution >= 0.6 is 0 Å². The highest BCUT2D eigenvalue weighted by atomic mass is 14.9. The van der Waals surface area contributed by atoms with Crippen molar-refractivity contribution >= 4 is 5.69 Å². The lowest BCUT2D eigenvalue weighted by atomic mass is 9.80. The zero-order chi connectivity index (χ0) is 13.1. The minimum Gasteiger partial charge on any atom is -0.382 e. The van der Waals surface area contributed by atoms with Gasteiger partial charge in [0.2, 0.25) is 0 Å². The highest BCUT2D eigenvalue weighted by Crippen LogP contribution is 2.30. The highest BCUT2D eigenvalue weighted by Gasteiger charge is 2.23. The Kier molecular flexibility index (Phi) is 4.31. The Labute approximate surface area is 112 Å². The lowest BCUT2D eigenvalue weighted by molar-refractivity contribution is 0.281. The van der Waals surface area contributed by atoms with E-state index in [1.165, 1.54) is 30.5 Å². The van der Waals surface area contributed by atoms with Crippen molar-refractivity contribution in [1.29, 1.82) is 0 Å². The lowest BCUT2D eigenvalue weighted by Crippen LogP contribution is -2.30. The van der Waals surface area contributed by atoms with Gasteiger partial charge < -0.3 is 5.32 Å². The predicted molar refractivity (Wildman–Crippen MR) is 80.1 cm³/mol. The number of hydrogen-bond acceptors (Lipinski definition) is 1. The second-order valence-electron chi connectivity index (χ2n) is 6.54. The first-order chi connectivity index (χ1) is 8.54. The molecule has 2 rings (SSSR count). The van der Waals surface area contributed by atoms with Gasteiger partial charge in [-0.3, -0.25) is 0 Å². The molecule has 1 aromatic carbocycles. The van der Waals surface area contributed by atoms with Gasteiger partial charge in [-0.1, -0.05) is 39.8 Å². The summed E-state index contributed by atoms with van der Waals surface area (Å²) in [6.07, 6.45) is 4.02. The van der Waals surface area contributed by atoms with E-state index < -0.39 is 0 Å². The Morgan fingerprint density at radius 1 is 0.944 bits per heavy atom. The first-order valence-electron chi connectivity index (χ1n) is 7.41. The summed E-state index contributed by atoms with van der Waals surface area (Å²) in [7, 11) is 0. The van der Waals surface area contributed by atoms with Crippen LogP contribution in [0.4, 0.5) is 5.69 Å². The molecule has 1 heteroatoms. The molecule has 1 fully saturated rings. The zero-order valence-electron chi connectivity index (χ0n) is 12.2. The summed E-state index contributed by atoms with van der Waals surface area (Å²) in [5.41, 5.74) is 2.71. The number of anilines is 1. The van der Waals surface area contributed by atoms with E-state index in [1.54, 1.807) is 0 Å². The van der Waals surface area contributed by atoms with Gasteiger partial charge in [-0.05, 0) is 54.7 Å². The van der Waals surface area contributed by atoms with Crippen LogP contribution in [0.25, 0.3) is 0 Å². The second-order valence-corrected chi connectivity index (χ2v) is 6.54. The fraction of sp³-hybridized carbons (Fsp3) is 0.647. The van der Waals surface area contributed by atoms with Crippen molar-refractivity contribution in [3.8, 4) is 0 Å². The van der Waals surface area contributed by atoms with E-state index in [0.29, 0.717) is 12.0 Å². The minimum atomic E-state index is 0.619. The van der Waals surface area contributed by atoms with Crippen molar-refractivity contribution < 1.29 is 0 Å². The third-order valence-electron chi connectivity index (χ3n) is 4.13. The van der Waals surface area contributed by atoms with Crippen LogP contribution in [0.2, 0.25) is 0 Å². The van der Waals surface area contributed by atoms with Gasteiger partial charge in [-0.15, -0.1) is 0 Å². The predicted octanol–water partition coefficient (Wildman–Crippen LogP) is 5.05. The molecule has 1 saturated carbocycles. The molecule has 1 nitrogen and oxygen atoms in total. The summed E-state index contributed by atoms with van der Waals surface area (Å²) < 4.78 is 0. The molecular formula is C17H27N. The van der Waals surface area contributed by atoms with E-state index in [2.05, 4.69) is 57.3 Å². The molecule has 0 aliphatic heterocycles. The van der Waals surface area contributed by atoms with E-state index in [9.17, 15) is 0 Å². The number of nitrogens with one attached hydrogen (secondary N) is 1. The van der Waals surface area contributed by atoms with Crippen molar-refractivity contribution in [3.63, 3.8) is 0 Å². The van der Waals surface area contributed by atoms with Crippen LogP contribution in [-0.2, 0) is 0 Å². The normalized spacial score (nSPS) is 28.4. The van der Waals surface area contributed by atoms with Crippen LogP contribution < -0.4 is 5.32 Å². The third-order valence-corrected chi connectivity index (χ3v) is 4.13. The summed E-state index contributed by atoms with van der Waals surface area (Å²) in [5, 5.41) is 3.71. The van der Waals surface area contributed by atoms with Crippen molar-refractivity contribution in [2.75, 3.05) is 5.32 Å². The molecule has 1 aromatic rings. The van der Waals surface area contributed by atoms with E-state index in [1.807, 2.05) is 0 Å². The minimum absolute atomic E-state index is 0.619. The van der Waals surface area contributed by atoms with Crippen molar-refractivity contribution in [2.45, 2.75) is 58.9 Å². The van der Waals surface area contributed by atoms with E-state index in [-0.39, 0.29) is 0 Å². The lowest BCUT2D eigenvalue weighted by Gasteiger charge is -2.32. The molecule has 1 N–H and O–H groups in total. The number of rotatable bonds is 3. The van der Waals surface area contributed by atoms with Crippen LogP contribution in [0.5, 0.6) is 0 Å². The fourth-order valence-corrected chi connectivity index (χ4v) is 3.26. The summed E-state index contributed by atoms with van der Waals surface area (Å²) in [6, 6.07) is 9.64. The second kappa shape index (κ2) is 5.77. The van der Waals surface area contributed by atoms with Gasteiger partial charge in [-0.25, -0.2) is 0 Å². The molecule has 0 aromatic heterocycles. The Morgan fingerprint density at radius 2 is 1.50 bits per heavy atom. The van der Waals surface area contributed by atoms with Gasteiger partial charge in [0, 0.05) is 11.7 Å². The molecule has 2 atom stereocenters. The third kappa shape index (κ3) is 3.51. The van der Waals surface area contributed by atoms with Gasteiger partial charge in [-0.2, -0.15) is 0 Å². The van der Waals surface area contributed by atoms with Crippen molar-refractivity contribution in [1.82, 2.24) is 0 Å². The summed E-state index contributed by atoms with van der Waals surface area (Å²) in [4.78, 5) is 0. The average Bonchev–Trinajstić information content (AvgIpc) is 2.28. The largest absolute Gasteiger partial charge is 0.382 e. The van der Waals surface area contributed by atoms with Gasteiger partial charge >= 0.3 is 0 Å². The summed E-state index contributed by atoms with van der Waals surface area (Å²) >= 11 is 0. The molecule has 18 heavy (non-hydrogen) atoms. The monoisotopic (exact) mass is 245 g/mol. The SMILES string of the molecule is CC1CC(C)CC(Nc2ccc(C(C)C)cc2)C1. The Balaban J connectivity index is 1.96. The van der Waals surface area contributed by atoms with Crippen LogP contribution in [-0.4, -0.2) is 6.04 Å². The van der Waals surface area contributed by atoms with Gasteiger partial charge in [0.25, 0.3) is 0 Å². The molecule has 0 bridgehead atoms. The highest BCUT2D eigenvalue weighted by molar-refractivity contribution is 5.46. The first kappa shape index (κ1) is 13.5. The quantitative estimate of drug-likeness (QED) is 0.786. The maximum Gasteiger partial charge on any atom is 0.0342 e. The van der Waals surface area contributed by atoms with Crippen LogP contribution in [0, 0.1) is 11.8 Å². The maximum absolute atomic E-state index is 3.71. The van der Waals surface area contributed by atoms with Crippen molar-refractivity contribution in [3.05, 3.63) is 29.8 Å². The van der Waals surface area contributed by atoms with Gasteiger partial charge in [0.15, 0.2) is 0 Å². The van der Waals surface area contributed by atoms with Gasteiger partial charge in [0.1, 0.15) is 0 Å². The number of hydrogen-bond donors (Lipinski definition) is 1. The Morgan fingerprint density at radius 3 is 2.00 bits per heavy atom.